The van der Waals surface area contributed by atoms with Crippen LogP contribution in [0.25, 0.3) is 0 Å². The first kappa shape index (κ1) is 14.5. The maximum atomic E-state index is 12.1. The Bertz CT molecular complexity index is 269. The van der Waals surface area contributed by atoms with Crippen LogP contribution in [0.3, 0.4) is 0 Å². The van der Waals surface area contributed by atoms with Crippen molar-refractivity contribution in [3.63, 3.8) is 0 Å². The maximum absolute atomic E-state index is 12.1. The number of hydrogen-bond donors (Lipinski definition) is 0. The summed E-state index contributed by atoms with van der Waals surface area (Å²) in [5.74, 6) is -1.44. The molecule has 0 aliphatic carbocycles. The number of esters is 1. The van der Waals surface area contributed by atoms with Crippen molar-refractivity contribution in [3.8, 4) is 0 Å². The van der Waals surface area contributed by atoms with Crippen molar-refractivity contribution < 1.29 is 19.3 Å². The van der Waals surface area contributed by atoms with Gasteiger partial charge in [-0.3, -0.25) is 0 Å². The number of carbonyl (C=O) groups excluding carboxylic acids is 1. The molecule has 0 radical (unpaired) electrons. The molecule has 0 N–H and O–H groups in total. The molecule has 1 heterocycles. The van der Waals surface area contributed by atoms with Crippen LogP contribution < -0.4 is 0 Å². The van der Waals surface area contributed by atoms with Gasteiger partial charge < -0.3 is 4.74 Å². The van der Waals surface area contributed by atoms with E-state index in [1.54, 1.807) is 0 Å². The lowest BCUT2D eigenvalue weighted by Gasteiger charge is -2.26. The van der Waals surface area contributed by atoms with Crippen LogP contribution in [0.15, 0.2) is 0 Å². The van der Waals surface area contributed by atoms with Crippen molar-refractivity contribution in [3.05, 3.63) is 0 Å². The van der Waals surface area contributed by atoms with E-state index in [9.17, 15) is 4.79 Å². The molecule has 1 rings (SSSR count). The van der Waals surface area contributed by atoms with E-state index < -0.39 is 11.4 Å². The zero-order valence-electron chi connectivity index (χ0n) is 11.5. The largest absolute Gasteiger partial charge is 0.456 e. The molecule has 1 aliphatic heterocycles. The molecule has 0 spiro atoms. The summed E-state index contributed by atoms with van der Waals surface area (Å²) in [6.45, 7) is 9.88. The van der Waals surface area contributed by atoms with Crippen LogP contribution in [0.1, 0.15) is 60.3 Å². The summed E-state index contributed by atoms with van der Waals surface area (Å²) in [7, 11) is 0. The normalized spacial score (nSPS) is 19.8. The van der Waals surface area contributed by atoms with Crippen LogP contribution in [0.4, 0.5) is 0 Å². The first-order chi connectivity index (χ1) is 7.91. The van der Waals surface area contributed by atoms with Gasteiger partial charge in [-0.1, -0.05) is 27.2 Å². The maximum Gasteiger partial charge on any atom is 0.373 e. The summed E-state index contributed by atoms with van der Waals surface area (Å²) in [6.07, 6.45) is 3.50. The van der Waals surface area contributed by atoms with E-state index in [4.69, 9.17) is 14.5 Å². The van der Waals surface area contributed by atoms with Gasteiger partial charge in [0.05, 0.1) is 0 Å². The molecule has 1 fully saturated rings. The Labute approximate surface area is 104 Å². The Balaban J connectivity index is 2.67. The van der Waals surface area contributed by atoms with Gasteiger partial charge in [-0.15, -0.1) is 0 Å². The third kappa shape index (κ3) is 3.19. The molecule has 1 saturated heterocycles. The van der Waals surface area contributed by atoms with Gasteiger partial charge in [0, 0.05) is 5.92 Å². The minimum atomic E-state index is -1.13. The first-order valence-electron chi connectivity index (χ1n) is 6.52. The zero-order valence-corrected chi connectivity index (χ0v) is 11.5. The Morgan fingerprint density at radius 2 is 1.88 bits per heavy atom. The molecular weight excluding hydrogens is 220 g/mol. The predicted molar refractivity (Wildman–Crippen MR) is 64.1 cm³/mol. The summed E-state index contributed by atoms with van der Waals surface area (Å²) >= 11 is 0. The van der Waals surface area contributed by atoms with Gasteiger partial charge in [-0.25, -0.2) is 4.79 Å². The minimum Gasteiger partial charge on any atom is -0.456 e. The molecule has 0 amide bonds. The fourth-order valence-electron chi connectivity index (χ4n) is 1.82. The van der Waals surface area contributed by atoms with E-state index in [2.05, 4.69) is 6.92 Å². The second-order valence-corrected chi connectivity index (χ2v) is 5.23. The summed E-state index contributed by atoms with van der Waals surface area (Å²) in [6, 6.07) is 0. The molecule has 0 aromatic heterocycles. The van der Waals surface area contributed by atoms with Crippen molar-refractivity contribution in [2.45, 2.75) is 71.7 Å². The van der Waals surface area contributed by atoms with Crippen LogP contribution in [0, 0.1) is 5.92 Å². The van der Waals surface area contributed by atoms with E-state index in [1.807, 2.05) is 27.7 Å². The highest BCUT2D eigenvalue weighted by Crippen LogP contribution is 2.43. The second kappa shape index (κ2) is 5.36. The molecule has 4 nitrogen and oxygen atoms in total. The average molecular weight is 244 g/mol. The molecule has 0 aromatic rings. The lowest BCUT2D eigenvalue weighted by molar-refractivity contribution is -0.167. The van der Waals surface area contributed by atoms with Crippen LogP contribution in [0.5, 0.6) is 0 Å². The van der Waals surface area contributed by atoms with E-state index >= 15 is 0 Å². The van der Waals surface area contributed by atoms with Crippen molar-refractivity contribution in [1.82, 2.24) is 0 Å². The van der Waals surface area contributed by atoms with Gasteiger partial charge in [0.1, 0.15) is 5.60 Å². The highest BCUT2D eigenvalue weighted by molar-refractivity contribution is 5.80. The van der Waals surface area contributed by atoms with Crippen molar-refractivity contribution in [2.75, 3.05) is 0 Å². The van der Waals surface area contributed by atoms with Gasteiger partial charge in [-0.2, -0.15) is 9.78 Å². The van der Waals surface area contributed by atoms with E-state index in [-0.39, 0.29) is 11.9 Å². The molecule has 100 valence electrons. The molecule has 17 heavy (non-hydrogen) atoms. The Kier molecular flexibility index (Phi) is 4.55. The molecule has 4 heteroatoms. The highest BCUT2D eigenvalue weighted by Gasteiger charge is 2.63. The Morgan fingerprint density at radius 3 is 2.24 bits per heavy atom. The molecule has 1 unspecified atom stereocenters. The van der Waals surface area contributed by atoms with Gasteiger partial charge in [-0.05, 0) is 33.1 Å². The van der Waals surface area contributed by atoms with Gasteiger partial charge in [0.15, 0.2) is 0 Å². The van der Waals surface area contributed by atoms with E-state index in [1.165, 1.54) is 0 Å². The molecule has 1 aliphatic rings. The lowest BCUT2D eigenvalue weighted by atomic mass is 9.92. The number of ether oxygens (including phenoxy) is 1. The van der Waals surface area contributed by atoms with Gasteiger partial charge >= 0.3 is 11.8 Å². The molecule has 0 saturated carbocycles. The molecule has 0 bridgehead atoms. The van der Waals surface area contributed by atoms with Crippen LogP contribution in [-0.4, -0.2) is 17.4 Å². The van der Waals surface area contributed by atoms with Crippen molar-refractivity contribution in [1.29, 1.82) is 0 Å². The molecular formula is C13H24O4. The number of rotatable bonds is 7. The van der Waals surface area contributed by atoms with Crippen molar-refractivity contribution in [2.24, 2.45) is 5.92 Å². The standard InChI is InChI=1S/C13H24O4/c1-6-9-10(7-2)13(16-17-13)11(14)15-12(4,5)8-3/h10H,6-9H2,1-5H3. The SMILES string of the molecule is CCCC(CC)C1(C(=O)OC(C)(C)CC)OO1. The summed E-state index contributed by atoms with van der Waals surface area (Å²) in [4.78, 5) is 22.1. The third-order valence-electron chi connectivity index (χ3n) is 3.44. The monoisotopic (exact) mass is 244 g/mol. The summed E-state index contributed by atoms with van der Waals surface area (Å²) in [5.41, 5.74) is -0.468. The number of hydrogen-bond acceptors (Lipinski definition) is 4. The Hall–Kier alpha value is -0.610. The average Bonchev–Trinajstić information content (AvgIpc) is 3.06. The summed E-state index contributed by atoms with van der Waals surface area (Å²) in [5, 5.41) is 0. The van der Waals surface area contributed by atoms with E-state index in [0.717, 1.165) is 25.7 Å². The third-order valence-corrected chi connectivity index (χ3v) is 3.44. The summed E-state index contributed by atoms with van der Waals surface area (Å²) < 4.78 is 5.45. The van der Waals surface area contributed by atoms with E-state index in [0.29, 0.717) is 0 Å². The zero-order chi connectivity index (χ0) is 13.1. The van der Waals surface area contributed by atoms with Crippen molar-refractivity contribution >= 4 is 5.97 Å². The van der Waals surface area contributed by atoms with Gasteiger partial charge in [0.25, 0.3) is 0 Å². The molecule has 0 aromatic carbocycles. The second-order valence-electron chi connectivity index (χ2n) is 5.23. The smallest absolute Gasteiger partial charge is 0.373 e. The minimum absolute atomic E-state index is 0.0765. The fourth-order valence-corrected chi connectivity index (χ4v) is 1.82. The molecule has 1 atom stereocenters. The fraction of sp³-hybridized carbons (Fsp3) is 0.923. The van der Waals surface area contributed by atoms with Crippen LogP contribution in [-0.2, 0) is 19.3 Å². The first-order valence-corrected chi connectivity index (χ1v) is 6.52. The predicted octanol–water partition coefficient (Wildman–Crippen LogP) is 3.20. The highest BCUT2D eigenvalue weighted by atomic mass is 17.4. The van der Waals surface area contributed by atoms with Gasteiger partial charge in [0.2, 0.25) is 0 Å². The lowest BCUT2D eigenvalue weighted by Crippen LogP contribution is -2.40. The van der Waals surface area contributed by atoms with Crippen LogP contribution >= 0.6 is 0 Å². The number of carbonyl (C=O) groups is 1. The van der Waals surface area contributed by atoms with Crippen LogP contribution in [0.2, 0.25) is 0 Å². The topological polar surface area (TPSA) is 51.4 Å². The Morgan fingerprint density at radius 1 is 1.29 bits per heavy atom. The quantitative estimate of drug-likeness (QED) is 0.392.